The Balaban J connectivity index is 2.32. The molecule has 0 aromatic heterocycles. The van der Waals surface area contributed by atoms with Crippen molar-refractivity contribution < 1.29 is 0 Å². The highest BCUT2D eigenvalue weighted by Crippen LogP contribution is 2.39. The Morgan fingerprint density at radius 2 is 2.00 bits per heavy atom. The fraction of sp³-hybridized carbons (Fsp3) is 0.222. The van der Waals surface area contributed by atoms with Crippen molar-refractivity contribution in [2.75, 3.05) is 0 Å². The molecule has 1 fully saturated rings. The van der Waals surface area contributed by atoms with Crippen molar-refractivity contribution in [1.82, 2.24) is 0 Å². The smallest absolute Gasteiger partial charge is 0.0408 e. The third-order valence-electron chi connectivity index (χ3n) is 1.73. The standard InChI is InChI=1S/C9H8Cl/c10-9-3-1-2-8(6-9)7-4-5-7/h1-3,6H,4-5H2. The maximum absolute atomic E-state index is 5.80. The maximum atomic E-state index is 5.80. The minimum Gasteiger partial charge on any atom is -0.0843 e. The fourth-order valence-corrected chi connectivity index (χ4v) is 1.25. The zero-order chi connectivity index (χ0) is 6.97. The van der Waals surface area contributed by atoms with Crippen LogP contribution in [0.15, 0.2) is 24.3 Å². The molecule has 2 rings (SSSR count). The average Bonchev–Trinajstić information content (AvgIpc) is 2.68. The second-order valence-electron chi connectivity index (χ2n) is 2.61. The quantitative estimate of drug-likeness (QED) is 0.579. The molecule has 1 radical (unpaired) electrons. The van der Waals surface area contributed by atoms with Gasteiger partial charge >= 0.3 is 0 Å². The largest absolute Gasteiger partial charge is 0.0843 e. The van der Waals surface area contributed by atoms with Gasteiger partial charge in [-0.15, -0.1) is 0 Å². The predicted octanol–water partition coefficient (Wildman–Crippen LogP) is 3.06. The van der Waals surface area contributed by atoms with Crippen LogP contribution in [0.5, 0.6) is 0 Å². The van der Waals surface area contributed by atoms with Gasteiger partial charge in [-0.05, 0) is 30.5 Å². The Kier molecular flexibility index (Phi) is 1.42. The summed E-state index contributed by atoms with van der Waals surface area (Å²) in [6, 6.07) is 8.06. The fourth-order valence-electron chi connectivity index (χ4n) is 1.06. The lowest BCUT2D eigenvalue weighted by molar-refractivity contribution is 1.41. The van der Waals surface area contributed by atoms with Gasteiger partial charge in [-0.25, -0.2) is 0 Å². The molecular weight excluding hydrogens is 144 g/mol. The molecule has 1 aliphatic carbocycles. The first-order valence-corrected chi connectivity index (χ1v) is 3.85. The van der Waals surface area contributed by atoms with Crippen molar-refractivity contribution in [1.29, 1.82) is 0 Å². The topological polar surface area (TPSA) is 0 Å². The predicted molar refractivity (Wildman–Crippen MR) is 43.0 cm³/mol. The van der Waals surface area contributed by atoms with Gasteiger partial charge in [0.05, 0.1) is 0 Å². The van der Waals surface area contributed by atoms with Crippen molar-refractivity contribution in [2.24, 2.45) is 0 Å². The van der Waals surface area contributed by atoms with Crippen LogP contribution in [0.25, 0.3) is 0 Å². The summed E-state index contributed by atoms with van der Waals surface area (Å²) in [5, 5.41) is 0.844. The molecule has 0 bridgehead atoms. The summed E-state index contributed by atoms with van der Waals surface area (Å²) in [7, 11) is 0. The van der Waals surface area contributed by atoms with Crippen LogP contribution in [-0.2, 0) is 0 Å². The zero-order valence-electron chi connectivity index (χ0n) is 5.60. The molecule has 0 heterocycles. The maximum Gasteiger partial charge on any atom is 0.0408 e. The van der Waals surface area contributed by atoms with Gasteiger partial charge in [0.2, 0.25) is 0 Å². The summed E-state index contributed by atoms with van der Waals surface area (Å²) < 4.78 is 0. The average molecular weight is 152 g/mol. The highest BCUT2D eigenvalue weighted by Gasteiger charge is 2.23. The molecule has 0 atom stereocenters. The van der Waals surface area contributed by atoms with Crippen molar-refractivity contribution >= 4 is 11.6 Å². The van der Waals surface area contributed by atoms with E-state index in [1.54, 1.807) is 5.92 Å². The first-order valence-electron chi connectivity index (χ1n) is 3.47. The monoisotopic (exact) mass is 151 g/mol. The van der Waals surface area contributed by atoms with Gasteiger partial charge in [0.1, 0.15) is 0 Å². The lowest BCUT2D eigenvalue weighted by Gasteiger charge is -1.95. The molecule has 0 amide bonds. The third-order valence-corrected chi connectivity index (χ3v) is 1.97. The Labute approximate surface area is 65.8 Å². The lowest BCUT2D eigenvalue weighted by Crippen LogP contribution is -1.76. The van der Waals surface area contributed by atoms with Crippen LogP contribution in [-0.4, -0.2) is 0 Å². The second-order valence-corrected chi connectivity index (χ2v) is 3.05. The molecule has 10 heavy (non-hydrogen) atoms. The van der Waals surface area contributed by atoms with Crippen LogP contribution in [0.2, 0.25) is 5.02 Å². The summed E-state index contributed by atoms with van der Waals surface area (Å²) in [6.07, 6.45) is 2.53. The molecule has 1 saturated carbocycles. The molecule has 0 unspecified atom stereocenters. The van der Waals surface area contributed by atoms with Crippen molar-refractivity contribution in [2.45, 2.75) is 12.8 Å². The minimum atomic E-state index is 0.844. The van der Waals surface area contributed by atoms with E-state index in [2.05, 4.69) is 6.07 Å². The molecule has 1 aromatic carbocycles. The Hall–Kier alpha value is -0.490. The first kappa shape index (κ1) is 6.23. The Bertz CT molecular complexity index is 238. The summed E-state index contributed by atoms with van der Waals surface area (Å²) in [6.45, 7) is 0. The van der Waals surface area contributed by atoms with E-state index in [-0.39, 0.29) is 0 Å². The van der Waals surface area contributed by atoms with Crippen LogP contribution in [0.4, 0.5) is 0 Å². The van der Waals surface area contributed by atoms with Gasteiger partial charge < -0.3 is 0 Å². The zero-order valence-corrected chi connectivity index (χ0v) is 6.36. The molecule has 0 aliphatic heterocycles. The molecule has 1 aromatic rings. The first-order chi connectivity index (χ1) is 4.86. The Morgan fingerprint density at radius 1 is 1.20 bits per heavy atom. The minimum absolute atomic E-state index is 0.844. The van der Waals surface area contributed by atoms with E-state index in [1.807, 2.05) is 18.2 Å². The van der Waals surface area contributed by atoms with Gasteiger partial charge in [-0.1, -0.05) is 23.7 Å². The van der Waals surface area contributed by atoms with E-state index < -0.39 is 0 Å². The summed E-state index contributed by atoms with van der Waals surface area (Å²) in [5.74, 6) is 1.54. The van der Waals surface area contributed by atoms with Crippen LogP contribution < -0.4 is 0 Å². The molecule has 0 N–H and O–H groups in total. The number of hydrogen-bond donors (Lipinski definition) is 0. The molecule has 0 nitrogen and oxygen atoms in total. The summed E-state index contributed by atoms with van der Waals surface area (Å²) in [4.78, 5) is 0. The number of halogens is 1. The molecule has 51 valence electrons. The molecule has 0 saturated heterocycles. The van der Waals surface area contributed by atoms with Gasteiger partial charge in [0, 0.05) is 10.9 Å². The number of hydrogen-bond acceptors (Lipinski definition) is 0. The van der Waals surface area contributed by atoms with Crippen molar-refractivity contribution in [3.63, 3.8) is 0 Å². The normalized spacial score (nSPS) is 17.3. The van der Waals surface area contributed by atoms with Crippen LogP contribution in [0, 0.1) is 5.92 Å². The van der Waals surface area contributed by atoms with E-state index in [9.17, 15) is 0 Å². The van der Waals surface area contributed by atoms with Gasteiger partial charge in [-0.2, -0.15) is 0 Å². The van der Waals surface area contributed by atoms with E-state index in [1.165, 1.54) is 18.4 Å². The van der Waals surface area contributed by atoms with E-state index in [0.29, 0.717) is 0 Å². The van der Waals surface area contributed by atoms with Crippen LogP contribution in [0.1, 0.15) is 18.4 Å². The highest BCUT2D eigenvalue weighted by atomic mass is 35.5. The van der Waals surface area contributed by atoms with E-state index in [0.717, 1.165) is 5.02 Å². The van der Waals surface area contributed by atoms with Gasteiger partial charge in [-0.3, -0.25) is 0 Å². The number of benzene rings is 1. The van der Waals surface area contributed by atoms with Gasteiger partial charge in [0.25, 0.3) is 0 Å². The SMILES string of the molecule is Clc1cccc([C]2CC2)c1. The number of rotatable bonds is 1. The van der Waals surface area contributed by atoms with Crippen molar-refractivity contribution in [3.8, 4) is 0 Å². The lowest BCUT2D eigenvalue weighted by atomic mass is 10.1. The Morgan fingerprint density at radius 3 is 2.60 bits per heavy atom. The van der Waals surface area contributed by atoms with Gasteiger partial charge in [0.15, 0.2) is 0 Å². The molecule has 1 heteroatoms. The third kappa shape index (κ3) is 1.17. The molecule has 1 aliphatic rings. The second kappa shape index (κ2) is 2.28. The summed E-state index contributed by atoms with van der Waals surface area (Å²) >= 11 is 5.80. The van der Waals surface area contributed by atoms with Crippen molar-refractivity contribution in [3.05, 3.63) is 40.8 Å². The van der Waals surface area contributed by atoms with Crippen LogP contribution >= 0.6 is 11.6 Å². The highest BCUT2D eigenvalue weighted by molar-refractivity contribution is 6.30. The summed E-state index contributed by atoms with van der Waals surface area (Å²) in [5.41, 5.74) is 1.33. The van der Waals surface area contributed by atoms with E-state index >= 15 is 0 Å². The molecular formula is C9H8Cl. The van der Waals surface area contributed by atoms with Crippen LogP contribution in [0.3, 0.4) is 0 Å². The van der Waals surface area contributed by atoms with E-state index in [4.69, 9.17) is 11.6 Å². The molecule has 0 spiro atoms.